The number of para-hydroxylation sites is 2. The highest BCUT2D eigenvalue weighted by Crippen LogP contribution is 2.38. The van der Waals surface area contributed by atoms with Crippen molar-refractivity contribution in [2.24, 2.45) is 0 Å². The number of rotatable bonds is 1. The van der Waals surface area contributed by atoms with E-state index in [0.717, 1.165) is 40.3 Å². The maximum absolute atomic E-state index is 6.07. The first-order valence-electron chi connectivity index (χ1n) is 8.29. The maximum Gasteiger partial charge on any atom is 0.186 e. The third-order valence-electron chi connectivity index (χ3n) is 4.58. The Morgan fingerprint density at radius 3 is 2.75 bits per heavy atom. The monoisotopic (exact) mass is 322 g/mol. The Morgan fingerprint density at radius 2 is 1.88 bits per heavy atom. The van der Waals surface area contributed by atoms with Crippen LogP contribution in [-0.4, -0.2) is 28.9 Å². The molecule has 1 unspecified atom stereocenters. The highest BCUT2D eigenvalue weighted by Gasteiger charge is 2.27. The number of imidazole rings is 1. The highest BCUT2D eigenvalue weighted by molar-refractivity contribution is 5.85. The lowest BCUT2D eigenvalue weighted by Gasteiger charge is -2.14. The van der Waals surface area contributed by atoms with E-state index in [4.69, 9.17) is 19.2 Å². The minimum absolute atomic E-state index is 0.0763. The molecule has 24 heavy (non-hydrogen) atoms. The Morgan fingerprint density at radius 1 is 1.04 bits per heavy atom. The lowest BCUT2D eigenvalue weighted by atomic mass is 10.1. The van der Waals surface area contributed by atoms with Crippen LogP contribution in [0.1, 0.15) is 18.8 Å². The number of ether oxygens (including phenoxy) is 3. The number of hydrogen-bond donors (Lipinski definition) is 0. The Labute approximate surface area is 139 Å². The van der Waals surface area contributed by atoms with Gasteiger partial charge >= 0.3 is 0 Å². The molecular formula is C19H18N2O3. The standard InChI is InChI=1S/C19H18N2O3/c1-12-11-21-15-7-4-6-14(19-22-9-10-23-19)17(15)20-18(21)13-5-2-3-8-16(13)24-12/h2-8,12,19H,9-11H2,1H3. The summed E-state index contributed by atoms with van der Waals surface area (Å²) in [5.74, 6) is 1.82. The first kappa shape index (κ1) is 14.0. The van der Waals surface area contributed by atoms with E-state index in [2.05, 4.69) is 23.6 Å². The molecule has 122 valence electrons. The van der Waals surface area contributed by atoms with E-state index in [0.29, 0.717) is 13.2 Å². The number of aromatic nitrogens is 2. The summed E-state index contributed by atoms with van der Waals surface area (Å²) in [7, 11) is 0. The van der Waals surface area contributed by atoms with Crippen molar-refractivity contribution < 1.29 is 14.2 Å². The van der Waals surface area contributed by atoms with Gasteiger partial charge in [-0.15, -0.1) is 0 Å². The Hall–Kier alpha value is -2.37. The molecule has 1 atom stereocenters. The van der Waals surface area contributed by atoms with Gasteiger partial charge in [-0.25, -0.2) is 4.98 Å². The molecule has 0 saturated carbocycles. The number of fused-ring (bicyclic) bond motifs is 5. The normalized spacial score (nSPS) is 20.5. The molecule has 0 aliphatic carbocycles. The predicted molar refractivity (Wildman–Crippen MR) is 89.9 cm³/mol. The van der Waals surface area contributed by atoms with Crippen LogP contribution in [0, 0.1) is 0 Å². The quantitative estimate of drug-likeness (QED) is 0.687. The predicted octanol–water partition coefficient (Wildman–Crippen LogP) is 3.53. The molecule has 2 aliphatic rings. The zero-order valence-corrected chi connectivity index (χ0v) is 13.4. The molecule has 3 aromatic rings. The zero-order chi connectivity index (χ0) is 16.1. The summed E-state index contributed by atoms with van der Waals surface area (Å²) in [5, 5.41) is 0. The first-order valence-corrected chi connectivity index (χ1v) is 8.29. The molecule has 0 spiro atoms. The molecule has 5 nitrogen and oxygen atoms in total. The molecule has 0 amide bonds. The van der Waals surface area contributed by atoms with Gasteiger partial charge in [-0.1, -0.05) is 24.3 Å². The minimum atomic E-state index is -0.322. The van der Waals surface area contributed by atoms with E-state index >= 15 is 0 Å². The van der Waals surface area contributed by atoms with Crippen molar-refractivity contribution in [3.05, 3.63) is 48.0 Å². The van der Waals surface area contributed by atoms with Crippen molar-refractivity contribution in [2.45, 2.75) is 25.9 Å². The van der Waals surface area contributed by atoms with Crippen LogP contribution in [0.2, 0.25) is 0 Å². The highest BCUT2D eigenvalue weighted by atomic mass is 16.7. The van der Waals surface area contributed by atoms with Crippen LogP contribution in [0.15, 0.2) is 42.5 Å². The summed E-state index contributed by atoms with van der Waals surface area (Å²) >= 11 is 0. The van der Waals surface area contributed by atoms with Crippen LogP contribution in [0.25, 0.3) is 22.4 Å². The smallest absolute Gasteiger partial charge is 0.186 e. The molecule has 0 radical (unpaired) electrons. The lowest BCUT2D eigenvalue weighted by molar-refractivity contribution is -0.0431. The maximum atomic E-state index is 6.07. The van der Waals surface area contributed by atoms with Gasteiger partial charge < -0.3 is 18.8 Å². The van der Waals surface area contributed by atoms with Crippen LogP contribution < -0.4 is 4.74 Å². The second-order valence-electron chi connectivity index (χ2n) is 6.26. The molecule has 1 saturated heterocycles. The second kappa shape index (κ2) is 5.33. The third-order valence-corrected chi connectivity index (χ3v) is 4.58. The molecule has 1 fully saturated rings. The van der Waals surface area contributed by atoms with Gasteiger partial charge in [0.1, 0.15) is 17.7 Å². The summed E-state index contributed by atoms with van der Waals surface area (Å²) in [4.78, 5) is 4.96. The van der Waals surface area contributed by atoms with Gasteiger partial charge in [-0.3, -0.25) is 0 Å². The SMILES string of the molecule is CC1Cn2c(nc3c(C4OCCO4)cccc32)-c2ccccc2O1. The fraction of sp³-hybridized carbons (Fsp3) is 0.316. The van der Waals surface area contributed by atoms with Gasteiger partial charge in [0, 0.05) is 5.56 Å². The van der Waals surface area contributed by atoms with Crippen LogP contribution in [-0.2, 0) is 16.0 Å². The van der Waals surface area contributed by atoms with Crippen molar-refractivity contribution in [3.8, 4) is 17.1 Å². The lowest BCUT2D eigenvalue weighted by Crippen LogP contribution is -2.17. The molecule has 0 N–H and O–H groups in total. The molecule has 2 aromatic carbocycles. The van der Waals surface area contributed by atoms with Crippen molar-refractivity contribution in [1.82, 2.24) is 9.55 Å². The molecule has 3 heterocycles. The number of benzene rings is 2. The van der Waals surface area contributed by atoms with Gasteiger partial charge in [0.25, 0.3) is 0 Å². The van der Waals surface area contributed by atoms with Gasteiger partial charge in [0.15, 0.2) is 6.29 Å². The summed E-state index contributed by atoms with van der Waals surface area (Å²) < 4.78 is 19.7. The Bertz CT molecular complexity index is 912. The Kier molecular flexibility index (Phi) is 3.11. The van der Waals surface area contributed by atoms with Crippen LogP contribution in [0.4, 0.5) is 0 Å². The number of hydrogen-bond acceptors (Lipinski definition) is 4. The topological polar surface area (TPSA) is 45.5 Å². The summed E-state index contributed by atoms with van der Waals surface area (Å²) in [6.45, 7) is 4.10. The zero-order valence-electron chi connectivity index (χ0n) is 13.4. The van der Waals surface area contributed by atoms with Crippen molar-refractivity contribution in [1.29, 1.82) is 0 Å². The van der Waals surface area contributed by atoms with E-state index in [1.165, 1.54) is 0 Å². The largest absolute Gasteiger partial charge is 0.488 e. The van der Waals surface area contributed by atoms with Crippen molar-refractivity contribution >= 4 is 11.0 Å². The van der Waals surface area contributed by atoms with Crippen molar-refractivity contribution in [2.75, 3.05) is 13.2 Å². The summed E-state index contributed by atoms with van der Waals surface area (Å²) in [6.07, 6.45) is -0.246. The van der Waals surface area contributed by atoms with Gasteiger partial charge in [-0.05, 0) is 25.1 Å². The van der Waals surface area contributed by atoms with Gasteiger partial charge in [0.05, 0.1) is 36.4 Å². The van der Waals surface area contributed by atoms with E-state index < -0.39 is 0 Å². The van der Waals surface area contributed by atoms with Gasteiger partial charge in [-0.2, -0.15) is 0 Å². The molecule has 1 aromatic heterocycles. The third kappa shape index (κ3) is 2.05. The van der Waals surface area contributed by atoms with E-state index in [1.807, 2.05) is 30.3 Å². The molecule has 5 rings (SSSR count). The molecular weight excluding hydrogens is 304 g/mol. The summed E-state index contributed by atoms with van der Waals surface area (Å²) in [5.41, 5.74) is 4.06. The van der Waals surface area contributed by atoms with E-state index in [-0.39, 0.29) is 12.4 Å². The van der Waals surface area contributed by atoms with Crippen LogP contribution in [0.3, 0.4) is 0 Å². The van der Waals surface area contributed by atoms with E-state index in [1.54, 1.807) is 0 Å². The average molecular weight is 322 g/mol. The number of nitrogens with zero attached hydrogens (tertiary/aromatic N) is 2. The van der Waals surface area contributed by atoms with Crippen LogP contribution in [0.5, 0.6) is 5.75 Å². The van der Waals surface area contributed by atoms with E-state index in [9.17, 15) is 0 Å². The fourth-order valence-electron chi connectivity index (χ4n) is 3.55. The first-order chi connectivity index (χ1) is 11.8. The molecule has 0 bridgehead atoms. The molecule has 5 heteroatoms. The van der Waals surface area contributed by atoms with Crippen molar-refractivity contribution in [3.63, 3.8) is 0 Å². The second-order valence-corrected chi connectivity index (χ2v) is 6.26. The Balaban J connectivity index is 1.77. The summed E-state index contributed by atoms with van der Waals surface area (Å²) in [6, 6.07) is 14.3. The fourth-order valence-corrected chi connectivity index (χ4v) is 3.55. The van der Waals surface area contributed by atoms with Crippen LogP contribution >= 0.6 is 0 Å². The average Bonchev–Trinajstić information content (AvgIpc) is 3.21. The molecule has 2 aliphatic heterocycles. The van der Waals surface area contributed by atoms with Gasteiger partial charge in [0.2, 0.25) is 0 Å². The minimum Gasteiger partial charge on any atom is -0.488 e.